The summed E-state index contributed by atoms with van der Waals surface area (Å²) in [5.74, 6) is 0. The van der Waals surface area contributed by atoms with Crippen LogP contribution in [0.4, 0.5) is 0 Å². The molecule has 0 aromatic heterocycles. The van der Waals surface area contributed by atoms with E-state index in [9.17, 15) is 5.11 Å². The highest BCUT2D eigenvalue weighted by Crippen LogP contribution is 2.16. The van der Waals surface area contributed by atoms with Crippen molar-refractivity contribution in [1.82, 2.24) is 9.80 Å². The molecule has 0 radical (unpaired) electrons. The minimum atomic E-state index is -0.703. The van der Waals surface area contributed by atoms with Crippen molar-refractivity contribution in [2.45, 2.75) is 37.8 Å². The van der Waals surface area contributed by atoms with E-state index < -0.39 is 5.60 Å². The molecule has 0 spiro atoms. The normalized spacial score (nSPS) is 27.0. The molecule has 0 amide bonds. The predicted octanol–water partition coefficient (Wildman–Crippen LogP) is 0.112. The maximum atomic E-state index is 9.87. The summed E-state index contributed by atoms with van der Waals surface area (Å²) in [7, 11) is 4.29. The third kappa shape index (κ3) is 4.37. The molecule has 1 aliphatic rings. The van der Waals surface area contributed by atoms with E-state index in [1.807, 2.05) is 6.92 Å². The summed E-state index contributed by atoms with van der Waals surface area (Å²) in [4.78, 5) is 4.74. The highest BCUT2D eigenvalue weighted by molar-refractivity contribution is 4.81. The van der Waals surface area contributed by atoms with Crippen LogP contribution in [-0.2, 0) is 0 Å². The van der Waals surface area contributed by atoms with Gasteiger partial charge in [-0.3, -0.25) is 0 Å². The van der Waals surface area contributed by atoms with Gasteiger partial charge >= 0.3 is 0 Å². The van der Waals surface area contributed by atoms with E-state index in [2.05, 4.69) is 23.9 Å². The first kappa shape index (κ1) is 13.9. The predicted molar refractivity (Wildman–Crippen MR) is 67.4 cm³/mol. The second-order valence-electron chi connectivity index (χ2n) is 5.51. The molecule has 0 aromatic carbocycles. The lowest BCUT2D eigenvalue weighted by Gasteiger charge is -2.37. The molecule has 1 aliphatic heterocycles. The number of hydrogen-bond acceptors (Lipinski definition) is 4. The van der Waals surface area contributed by atoms with Crippen molar-refractivity contribution in [1.29, 1.82) is 0 Å². The minimum Gasteiger partial charge on any atom is -0.389 e. The van der Waals surface area contributed by atoms with Crippen LogP contribution in [0.15, 0.2) is 0 Å². The summed E-state index contributed by atoms with van der Waals surface area (Å²) in [5.41, 5.74) is 4.82. The van der Waals surface area contributed by atoms with E-state index in [1.165, 1.54) is 12.8 Å². The zero-order valence-corrected chi connectivity index (χ0v) is 10.9. The molecular weight excluding hydrogens is 202 g/mol. The number of likely N-dealkylation sites (N-methyl/N-ethyl adjacent to an activating group) is 1. The van der Waals surface area contributed by atoms with Crippen molar-refractivity contribution in [2.24, 2.45) is 5.73 Å². The number of hydrogen-bond donors (Lipinski definition) is 2. The average Bonchev–Trinajstić information content (AvgIpc) is 2.27. The summed E-state index contributed by atoms with van der Waals surface area (Å²) in [6, 6.07) is 0.663. The molecule has 0 bridgehead atoms. The van der Waals surface area contributed by atoms with Crippen molar-refractivity contribution in [3.63, 3.8) is 0 Å². The summed E-state index contributed by atoms with van der Waals surface area (Å²) in [6.07, 6.45) is 3.31. The Kier molecular flexibility index (Phi) is 5.18. The highest BCUT2D eigenvalue weighted by Gasteiger charge is 2.24. The lowest BCUT2D eigenvalue weighted by atomic mass is 10.00. The molecule has 2 atom stereocenters. The first-order valence-corrected chi connectivity index (χ1v) is 6.26. The van der Waals surface area contributed by atoms with Crippen LogP contribution >= 0.6 is 0 Å². The fourth-order valence-corrected chi connectivity index (χ4v) is 2.16. The van der Waals surface area contributed by atoms with Gasteiger partial charge in [0.2, 0.25) is 0 Å². The third-order valence-corrected chi connectivity index (χ3v) is 3.62. The lowest BCUT2D eigenvalue weighted by molar-refractivity contribution is 0.0388. The van der Waals surface area contributed by atoms with Crippen LogP contribution in [0.3, 0.4) is 0 Å². The van der Waals surface area contributed by atoms with Crippen LogP contribution in [0, 0.1) is 0 Å². The van der Waals surface area contributed by atoms with Crippen molar-refractivity contribution < 1.29 is 5.11 Å². The van der Waals surface area contributed by atoms with Crippen LogP contribution in [0.2, 0.25) is 0 Å². The summed E-state index contributed by atoms with van der Waals surface area (Å²) < 4.78 is 0. The maximum absolute atomic E-state index is 9.87. The van der Waals surface area contributed by atoms with Crippen molar-refractivity contribution in [2.75, 3.05) is 40.3 Å². The van der Waals surface area contributed by atoms with Gasteiger partial charge in [0, 0.05) is 25.7 Å². The standard InChI is InChI=1S/C12H27N3O/c1-12(16,10-13)6-8-15-7-4-5-11(9-15)14(2)3/h11,16H,4-10,13H2,1-3H3. The van der Waals surface area contributed by atoms with Gasteiger partial charge in [0.25, 0.3) is 0 Å². The molecule has 1 rings (SSSR count). The van der Waals surface area contributed by atoms with Crippen LogP contribution in [0.1, 0.15) is 26.2 Å². The molecule has 0 aliphatic carbocycles. The Morgan fingerprint density at radius 2 is 2.19 bits per heavy atom. The van der Waals surface area contributed by atoms with Gasteiger partial charge in [-0.15, -0.1) is 0 Å². The molecule has 16 heavy (non-hydrogen) atoms. The molecule has 1 saturated heterocycles. The summed E-state index contributed by atoms with van der Waals surface area (Å²) >= 11 is 0. The van der Waals surface area contributed by atoms with E-state index in [0.29, 0.717) is 12.6 Å². The second-order valence-corrected chi connectivity index (χ2v) is 5.51. The van der Waals surface area contributed by atoms with E-state index >= 15 is 0 Å². The van der Waals surface area contributed by atoms with Crippen LogP contribution in [0.25, 0.3) is 0 Å². The number of piperidine rings is 1. The Labute approximate surface area is 99.4 Å². The fraction of sp³-hybridized carbons (Fsp3) is 1.00. The molecule has 0 saturated carbocycles. The fourth-order valence-electron chi connectivity index (χ4n) is 2.16. The highest BCUT2D eigenvalue weighted by atomic mass is 16.3. The Hall–Kier alpha value is -0.160. The topological polar surface area (TPSA) is 52.7 Å². The molecule has 1 heterocycles. The molecule has 96 valence electrons. The zero-order valence-electron chi connectivity index (χ0n) is 10.9. The smallest absolute Gasteiger partial charge is 0.0753 e. The minimum absolute atomic E-state index is 0.345. The van der Waals surface area contributed by atoms with Gasteiger partial charge < -0.3 is 20.6 Å². The van der Waals surface area contributed by atoms with Crippen LogP contribution in [-0.4, -0.2) is 66.8 Å². The number of nitrogens with two attached hydrogens (primary N) is 1. The van der Waals surface area contributed by atoms with E-state index in [4.69, 9.17) is 5.73 Å². The first-order valence-electron chi connectivity index (χ1n) is 6.26. The van der Waals surface area contributed by atoms with Crippen molar-refractivity contribution in [3.8, 4) is 0 Å². The number of aliphatic hydroxyl groups is 1. The van der Waals surface area contributed by atoms with Gasteiger partial charge in [-0.1, -0.05) is 0 Å². The first-order chi connectivity index (χ1) is 7.44. The Morgan fingerprint density at radius 1 is 1.50 bits per heavy atom. The van der Waals surface area contributed by atoms with E-state index in [1.54, 1.807) is 0 Å². The largest absolute Gasteiger partial charge is 0.389 e. The second kappa shape index (κ2) is 5.96. The average molecular weight is 229 g/mol. The molecule has 4 heteroatoms. The van der Waals surface area contributed by atoms with Gasteiger partial charge in [-0.25, -0.2) is 0 Å². The number of nitrogens with zero attached hydrogens (tertiary/aromatic N) is 2. The van der Waals surface area contributed by atoms with Crippen LogP contribution in [0.5, 0.6) is 0 Å². The van der Waals surface area contributed by atoms with Crippen molar-refractivity contribution in [3.05, 3.63) is 0 Å². The number of rotatable bonds is 5. The van der Waals surface area contributed by atoms with Gasteiger partial charge in [-0.05, 0) is 46.8 Å². The number of likely N-dealkylation sites (tertiary alicyclic amines) is 1. The third-order valence-electron chi connectivity index (χ3n) is 3.62. The van der Waals surface area contributed by atoms with Gasteiger partial charge in [0.1, 0.15) is 0 Å². The molecular formula is C12H27N3O. The molecule has 4 nitrogen and oxygen atoms in total. The van der Waals surface area contributed by atoms with Gasteiger partial charge in [-0.2, -0.15) is 0 Å². The van der Waals surface area contributed by atoms with E-state index in [-0.39, 0.29) is 0 Å². The monoisotopic (exact) mass is 229 g/mol. The Bertz CT molecular complexity index is 206. The van der Waals surface area contributed by atoms with Crippen LogP contribution < -0.4 is 5.73 Å². The zero-order chi connectivity index (χ0) is 12.2. The maximum Gasteiger partial charge on any atom is 0.0753 e. The molecule has 0 aromatic rings. The summed E-state index contributed by atoms with van der Waals surface area (Å²) in [5, 5.41) is 9.87. The Balaban J connectivity index is 2.32. The molecule has 2 unspecified atom stereocenters. The Morgan fingerprint density at radius 3 is 2.75 bits per heavy atom. The summed E-state index contributed by atoms with van der Waals surface area (Å²) in [6.45, 7) is 5.39. The van der Waals surface area contributed by atoms with Crippen molar-refractivity contribution >= 4 is 0 Å². The SMILES string of the molecule is CN(C)C1CCCN(CCC(C)(O)CN)C1. The quantitative estimate of drug-likeness (QED) is 0.703. The molecule has 1 fully saturated rings. The van der Waals surface area contributed by atoms with Gasteiger partial charge in [0.05, 0.1) is 5.60 Å². The van der Waals surface area contributed by atoms with E-state index in [0.717, 1.165) is 26.1 Å². The van der Waals surface area contributed by atoms with Gasteiger partial charge in [0.15, 0.2) is 0 Å². The molecule has 3 N–H and O–H groups in total. The lowest BCUT2D eigenvalue weighted by Crippen LogP contribution is -2.47.